The fourth-order valence-electron chi connectivity index (χ4n) is 1.33. The van der Waals surface area contributed by atoms with E-state index in [4.69, 9.17) is 23.2 Å². The summed E-state index contributed by atoms with van der Waals surface area (Å²) >= 11 is 13.4. The van der Waals surface area contributed by atoms with E-state index in [1.807, 2.05) is 22.6 Å². The first-order chi connectivity index (χ1) is 8.97. The van der Waals surface area contributed by atoms with Gasteiger partial charge >= 0.3 is 0 Å². The Hall–Kier alpha value is -0.920. The number of rotatable bonds is 2. The predicted octanol–water partition coefficient (Wildman–Crippen LogP) is 4.38. The minimum absolute atomic E-state index is 0.134. The molecule has 0 saturated carbocycles. The lowest BCUT2D eigenvalue weighted by atomic mass is 10.2. The molecular formula is C12H6Cl2FIN2O. The Morgan fingerprint density at radius 3 is 2.68 bits per heavy atom. The predicted molar refractivity (Wildman–Crippen MR) is 81.3 cm³/mol. The molecule has 0 bridgehead atoms. The number of halogens is 4. The molecule has 0 spiro atoms. The van der Waals surface area contributed by atoms with E-state index >= 15 is 0 Å². The molecule has 0 aliphatic heterocycles. The Labute approximate surface area is 132 Å². The summed E-state index contributed by atoms with van der Waals surface area (Å²) in [6.45, 7) is 0. The number of benzene rings is 1. The number of hydrogen-bond acceptors (Lipinski definition) is 2. The number of pyridine rings is 1. The second-order valence-corrected chi connectivity index (χ2v) is 5.50. The lowest BCUT2D eigenvalue weighted by Crippen LogP contribution is -2.13. The summed E-state index contributed by atoms with van der Waals surface area (Å²) < 4.78 is 13.5. The molecule has 19 heavy (non-hydrogen) atoms. The van der Waals surface area contributed by atoms with Crippen LogP contribution in [0, 0.1) is 9.39 Å². The van der Waals surface area contributed by atoms with Gasteiger partial charge < -0.3 is 5.32 Å². The largest absolute Gasteiger partial charge is 0.321 e. The van der Waals surface area contributed by atoms with Gasteiger partial charge in [-0.3, -0.25) is 4.79 Å². The van der Waals surface area contributed by atoms with Crippen molar-refractivity contribution >= 4 is 57.4 Å². The molecular weight excluding hydrogens is 405 g/mol. The van der Waals surface area contributed by atoms with Crippen molar-refractivity contribution in [1.82, 2.24) is 4.98 Å². The summed E-state index contributed by atoms with van der Waals surface area (Å²) in [7, 11) is 0. The number of amides is 1. The molecule has 7 heteroatoms. The van der Waals surface area contributed by atoms with Crippen molar-refractivity contribution in [3.8, 4) is 0 Å². The van der Waals surface area contributed by atoms with Gasteiger partial charge in [0.25, 0.3) is 5.91 Å². The average molecular weight is 411 g/mol. The van der Waals surface area contributed by atoms with Gasteiger partial charge in [0.2, 0.25) is 0 Å². The molecule has 98 valence electrons. The third kappa shape index (κ3) is 3.55. The maximum atomic E-state index is 12.9. The van der Waals surface area contributed by atoms with Gasteiger partial charge in [0.15, 0.2) is 0 Å². The SMILES string of the molecule is O=C(Nc1ccc(F)cc1I)c1cnc(Cl)c(Cl)c1. The van der Waals surface area contributed by atoms with Crippen LogP contribution in [0.5, 0.6) is 0 Å². The first-order valence-corrected chi connectivity index (χ1v) is 6.88. The molecule has 1 aromatic carbocycles. The molecule has 0 unspecified atom stereocenters. The average Bonchev–Trinajstić information content (AvgIpc) is 2.36. The van der Waals surface area contributed by atoms with Crippen LogP contribution in [0.2, 0.25) is 10.2 Å². The maximum Gasteiger partial charge on any atom is 0.257 e. The van der Waals surface area contributed by atoms with Crippen molar-refractivity contribution < 1.29 is 9.18 Å². The van der Waals surface area contributed by atoms with E-state index in [2.05, 4.69) is 10.3 Å². The second kappa shape index (κ2) is 6.02. The standard InChI is InChI=1S/C12H6Cl2FIN2O/c13-8-3-6(5-17-11(8)14)12(19)18-10-2-1-7(15)4-9(10)16/h1-5H,(H,18,19). The summed E-state index contributed by atoms with van der Waals surface area (Å²) in [6, 6.07) is 5.50. The first-order valence-electron chi connectivity index (χ1n) is 5.05. The van der Waals surface area contributed by atoms with Crippen LogP contribution in [-0.2, 0) is 0 Å². The van der Waals surface area contributed by atoms with Crippen LogP contribution >= 0.6 is 45.8 Å². The lowest BCUT2D eigenvalue weighted by Gasteiger charge is -2.07. The molecule has 3 nitrogen and oxygen atoms in total. The Morgan fingerprint density at radius 1 is 1.32 bits per heavy atom. The fourth-order valence-corrected chi connectivity index (χ4v) is 2.21. The summed E-state index contributed by atoms with van der Waals surface area (Å²) in [5.74, 6) is -0.755. The van der Waals surface area contributed by atoms with Crippen LogP contribution in [0.4, 0.5) is 10.1 Å². The van der Waals surface area contributed by atoms with Crippen molar-refractivity contribution in [2.75, 3.05) is 5.32 Å². The van der Waals surface area contributed by atoms with Crippen molar-refractivity contribution in [1.29, 1.82) is 0 Å². The summed E-state index contributed by atoms with van der Waals surface area (Å²) in [5.41, 5.74) is 0.785. The molecule has 2 aromatic rings. The van der Waals surface area contributed by atoms with Crippen LogP contribution in [-0.4, -0.2) is 10.9 Å². The summed E-state index contributed by atoms with van der Waals surface area (Å²) in [6.07, 6.45) is 1.32. The van der Waals surface area contributed by atoms with E-state index in [9.17, 15) is 9.18 Å². The van der Waals surface area contributed by atoms with E-state index in [1.165, 1.54) is 30.5 Å². The molecule has 0 aliphatic rings. The Bertz CT molecular complexity index is 652. The van der Waals surface area contributed by atoms with E-state index in [-0.39, 0.29) is 21.6 Å². The van der Waals surface area contributed by atoms with Gasteiger partial charge in [-0.05, 0) is 46.9 Å². The fraction of sp³-hybridized carbons (Fsp3) is 0. The topological polar surface area (TPSA) is 42.0 Å². The number of aromatic nitrogens is 1. The minimum atomic E-state index is -0.393. The van der Waals surface area contributed by atoms with E-state index in [0.717, 1.165) is 0 Å². The molecule has 1 amide bonds. The van der Waals surface area contributed by atoms with Crippen molar-refractivity contribution in [2.45, 2.75) is 0 Å². The highest BCUT2D eigenvalue weighted by Gasteiger charge is 2.11. The molecule has 1 heterocycles. The number of nitrogens with zero attached hydrogens (tertiary/aromatic N) is 1. The first kappa shape index (κ1) is 14.5. The number of nitrogens with one attached hydrogen (secondary N) is 1. The Kier molecular flexibility index (Phi) is 4.59. The summed E-state index contributed by atoms with van der Waals surface area (Å²) in [4.78, 5) is 15.8. The number of hydrogen-bond donors (Lipinski definition) is 1. The Morgan fingerprint density at radius 2 is 2.05 bits per heavy atom. The zero-order chi connectivity index (χ0) is 14.0. The molecule has 2 rings (SSSR count). The van der Waals surface area contributed by atoms with Gasteiger partial charge in [-0.15, -0.1) is 0 Å². The smallest absolute Gasteiger partial charge is 0.257 e. The highest BCUT2D eigenvalue weighted by molar-refractivity contribution is 14.1. The van der Waals surface area contributed by atoms with Gasteiger partial charge in [0.05, 0.1) is 16.3 Å². The second-order valence-electron chi connectivity index (χ2n) is 3.57. The Balaban J connectivity index is 2.23. The quantitative estimate of drug-likeness (QED) is 0.589. The molecule has 0 fully saturated rings. The minimum Gasteiger partial charge on any atom is -0.321 e. The monoisotopic (exact) mass is 410 g/mol. The third-order valence-corrected chi connectivity index (χ3v) is 3.82. The zero-order valence-electron chi connectivity index (χ0n) is 9.25. The molecule has 1 aromatic heterocycles. The lowest BCUT2D eigenvalue weighted by molar-refractivity contribution is 0.102. The number of anilines is 1. The van der Waals surface area contributed by atoms with Gasteiger partial charge in [-0.1, -0.05) is 23.2 Å². The van der Waals surface area contributed by atoms with Crippen LogP contribution < -0.4 is 5.32 Å². The molecule has 0 atom stereocenters. The third-order valence-electron chi connectivity index (χ3n) is 2.24. The van der Waals surface area contributed by atoms with Crippen LogP contribution in [0.15, 0.2) is 30.5 Å². The van der Waals surface area contributed by atoms with Crippen molar-refractivity contribution in [3.05, 3.63) is 55.6 Å². The number of carbonyl (C=O) groups excluding carboxylic acids is 1. The van der Waals surface area contributed by atoms with Crippen LogP contribution in [0.1, 0.15) is 10.4 Å². The van der Waals surface area contributed by atoms with Gasteiger partial charge in [-0.25, -0.2) is 9.37 Å². The molecule has 1 N–H and O–H groups in total. The zero-order valence-corrected chi connectivity index (χ0v) is 12.9. The highest BCUT2D eigenvalue weighted by Crippen LogP contribution is 2.22. The van der Waals surface area contributed by atoms with Gasteiger partial charge in [0, 0.05) is 9.77 Å². The molecule has 0 aliphatic carbocycles. The highest BCUT2D eigenvalue weighted by atomic mass is 127. The van der Waals surface area contributed by atoms with Gasteiger partial charge in [-0.2, -0.15) is 0 Å². The van der Waals surface area contributed by atoms with E-state index in [1.54, 1.807) is 0 Å². The molecule has 0 radical (unpaired) electrons. The normalized spacial score (nSPS) is 10.3. The van der Waals surface area contributed by atoms with E-state index in [0.29, 0.717) is 9.26 Å². The summed E-state index contributed by atoms with van der Waals surface area (Å²) in [5, 5.41) is 2.98. The van der Waals surface area contributed by atoms with Crippen molar-refractivity contribution in [2.24, 2.45) is 0 Å². The molecule has 0 saturated heterocycles. The number of carbonyl (C=O) groups is 1. The van der Waals surface area contributed by atoms with Crippen LogP contribution in [0.3, 0.4) is 0 Å². The van der Waals surface area contributed by atoms with E-state index < -0.39 is 5.91 Å². The van der Waals surface area contributed by atoms with Gasteiger partial charge in [0.1, 0.15) is 11.0 Å². The maximum absolute atomic E-state index is 12.9. The van der Waals surface area contributed by atoms with Crippen LogP contribution in [0.25, 0.3) is 0 Å². The van der Waals surface area contributed by atoms with Crippen molar-refractivity contribution in [3.63, 3.8) is 0 Å².